The van der Waals surface area contributed by atoms with Crippen molar-refractivity contribution < 1.29 is 27.2 Å². The number of hydrogen-bond acceptors (Lipinski definition) is 7. The maximum absolute atomic E-state index is 13.5. The molecule has 2 aliphatic carbocycles. The number of carbonyl (C=O) groups is 1. The molecule has 0 saturated heterocycles. The van der Waals surface area contributed by atoms with E-state index in [4.69, 9.17) is 4.52 Å². The first-order chi connectivity index (χ1) is 15.6. The SMILES string of the molecule is CCOP(=O)(O)c1cnc(NC(=O)C2(c3ccc(S(C)(=O)=O)cc3)CC2C2CCCC2)cn1. The minimum absolute atomic E-state index is 0.0527. The third-order valence-electron chi connectivity index (χ3n) is 6.66. The third kappa shape index (κ3) is 4.75. The maximum atomic E-state index is 13.5. The molecule has 9 nitrogen and oxygen atoms in total. The highest BCUT2D eigenvalue weighted by atomic mass is 32.2. The summed E-state index contributed by atoms with van der Waals surface area (Å²) < 4.78 is 40.6. The number of carbonyl (C=O) groups excluding carboxylic acids is 1. The largest absolute Gasteiger partial charge is 0.378 e. The highest BCUT2D eigenvalue weighted by Crippen LogP contribution is 2.61. The number of sulfone groups is 1. The van der Waals surface area contributed by atoms with Gasteiger partial charge in [-0.3, -0.25) is 9.36 Å². The molecule has 2 saturated carbocycles. The molecule has 11 heteroatoms. The number of nitrogens with one attached hydrogen (secondary N) is 1. The van der Waals surface area contributed by atoms with Crippen molar-refractivity contribution in [3.63, 3.8) is 0 Å². The molecule has 178 valence electrons. The molecular weight excluding hydrogens is 465 g/mol. The molecule has 1 amide bonds. The van der Waals surface area contributed by atoms with Crippen LogP contribution in [0.15, 0.2) is 41.6 Å². The Morgan fingerprint density at radius 1 is 1.21 bits per heavy atom. The summed E-state index contributed by atoms with van der Waals surface area (Å²) in [7, 11) is -7.38. The average molecular weight is 494 g/mol. The fourth-order valence-corrected chi connectivity index (χ4v) is 6.46. The fraction of sp³-hybridized carbons (Fsp3) is 0.500. The topological polar surface area (TPSA) is 136 Å². The molecule has 0 bridgehead atoms. The predicted octanol–water partition coefficient (Wildman–Crippen LogP) is 2.81. The molecule has 2 fully saturated rings. The van der Waals surface area contributed by atoms with Gasteiger partial charge >= 0.3 is 7.60 Å². The first kappa shape index (κ1) is 24.0. The van der Waals surface area contributed by atoms with Crippen LogP contribution < -0.4 is 10.8 Å². The molecule has 1 aromatic heterocycles. The molecule has 3 atom stereocenters. The van der Waals surface area contributed by atoms with Crippen molar-refractivity contribution in [2.75, 3.05) is 18.2 Å². The Labute approximate surface area is 193 Å². The number of nitrogens with zero attached hydrogens (tertiary/aromatic N) is 2. The zero-order valence-electron chi connectivity index (χ0n) is 18.6. The molecule has 0 radical (unpaired) electrons. The Morgan fingerprint density at radius 2 is 1.88 bits per heavy atom. The van der Waals surface area contributed by atoms with Crippen molar-refractivity contribution in [3.8, 4) is 0 Å². The second-order valence-electron chi connectivity index (χ2n) is 8.78. The Hall–Kier alpha value is -2.13. The highest BCUT2D eigenvalue weighted by Gasteiger charge is 2.63. The smallest absolute Gasteiger partial charge is 0.320 e. The summed E-state index contributed by atoms with van der Waals surface area (Å²) in [4.78, 5) is 31.6. The van der Waals surface area contributed by atoms with Crippen LogP contribution in [0.5, 0.6) is 0 Å². The zero-order valence-corrected chi connectivity index (χ0v) is 20.3. The Morgan fingerprint density at radius 3 is 2.42 bits per heavy atom. The van der Waals surface area contributed by atoms with Gasteiger partial charge in [-0.05, 0) is 42.9 Å². The lowest BCUT2D eigenvalue weighted by Crippen LogP contribution is -2.32. The van der Waals surface area contributed by atoms with Crippen LogP contribution in [-0.4, -0.2) is 42.0 Å². The molecule has 0 aliphatic heterocycles. The van der Waals surface area contributed by atoms with Crippen LogP contribution in [-0.2, 0) is 29.1 Å². The number of anilines is 1. The normalized spacial score (nSPS) is 24.9. The van der Waals surface area contributed by atoms with Crippen LogP contribution >= 0.6 is 7.60 Å². The minimum Gasteiger partial charge on any atom is -0.320 e. The standard InChI is InChI=1S/C22H28N3O6PS/c1-3-31-32(27,28)20-14-23-19(13-24-20)25-21(26)22(12-18(22)15-6-4-5-7-15)16-8-10-17(11-9-16)33(2,29)30/h8-11,13-15,18H,3-7,12H2,1-2H3,(H,27,28)(H,23,25,26). The Balaban J connectivity index is 1.59. The van der Waals surface area contributed by atoms with Crippen LogP contribution in [0, 0.1) is 11.8 Å². The quantitative estimate of drug-likeness (QED) is 0.536. The van der Waals surface area contributed by atoms with E-state index in [-0.39, 0.29) is 34.6 Å². The summed E-state index contributed by atoms with van der Waals surface area (Å²) >= 11 is 0. The van der Waals surface area contributed by atoms with E-state index >= 15 is 0 Å². The fourth-order valence-electron chi connectivity index (χ4n) is 4.94. The van der Waals surface area contributed by atoms with E-state index in [0.29, 0.717) is 12.3 Å². The van der Waals surface area contributed by atoms with Gasteiger partial charge in [-0.15, -0.1) is 0 Å². The van der Waals surface area contributed by atoms with Gasteiger partial charge in [-0.25, -0.2) is 18.4 Å². The number of benzene rings is 1. The number of rotatable bonds is 8. The summed E-state index contributed by atoms with van der Waals surface area (Å²) in [6, 6.07) is 6.54. The summed E-state index contributed by atoms with van der Waals surface area (Å²) in [6.07, 6.45) is 8.67. The van der Waals surface area contributed by atoms with Gasteiger partial charge in [-0.1, -0.05) is 37.8 Å². The van der Waals surface area contributed by atoms with Gasteiger partial charge in [0.15, 0.2) is 21.1 Å². The van der Waals surface area contributed by atoms with E-state index < -0.39 is 22.8 Å². The van der Waals surface area contributed by atoms with E-state index in [1.165, 1.54) is 6.20 Å². The molecule has 2 aromatic rings. The van der Waals surface area contributed by atoms with Crippen LogP contribution in [0.3, 0.4) is 0 Å². The van der Waals surface area contributed by atoms with E-state index in [0.717, 1.165) is 43.7 Å². The lowest BCUT2D eigenvalue weighted by atomic mass is 9.86. The zero-order chi connectivity index (χ0) is 23.9. The van der Waals surface area contributed by atoms with Crippen molar-refractivity contribution in [2.45, 2.75) is 49.3 Å². The van der Waals surface area contributed by atoms with Crippen molar-refractivity contribution in [2.24, 2.45) is 11.8 Å². The Bertz CT molecular complexity index is 1180. The van der Waals surface area contributed by atoms with Crippen molar-refractivity contribution in [3.05, 3.63) is 42.2 Å². The number of hydrogen-bond donors (Lipinski definition) is 2. The molecule has 4 rings (SSSR count). The molecule has 3 unspecified atom stereocenters. The average Bonchev–Trinajstić information content (AvgIpc) is 3.29. The molecule has 2 N–H and O–H groups in total. The summed E-state index contributed by atoms with van der Waals surface area (Å²) in [5, 5.41) is 2.81. The van der Waals surface area contributed by atoms with E-state index in [1.807, 2.05) is 0 Å². The molecular formula is C22H28N3O6PS. The molecule has 2 aliphatic rings. The van der Waals surface area contributed by atoms with Crippen LogP contribution in [0.2, 0.25) is 0 Å². The van der Waals surface area contributed by atoms with Gasteiger partial charge in [0.1, 0.15) is 0 Å². The van der Waals surface area contributed by atoms with Crippen molar-refractivity contribution >= 4 is 34.6 Å². The first-order valence-corrected chi connectivity index (χ1v) is 14.5. The highest BCUT2D eigenvalue weighted by molar-refractivity contribution is 7.90. The van der Waals surface area contributed by atoms with Crippen LogP contribution in [0.25, 0.3) is 0 Å². The van der Waals surface area contributed by atoms with E-state index in [2.05, 4.69) is 15.3 Å². The Kier molecular flexibility index (Phi) is 6.48. The summed E-state index contributed by atoms with van der Waals surface area (Å²) in [6.45, 7) is 1.65. The first-order valence-electron chi connectivity index (χ1n) is 11.0. The lowest BCUT2D eigenvalue weighted by Gasteiger charge is -2.21. The van der Waals surface area contributed by atoms with Crippen molar-refractivity contribution in [1.29, 1.82) is 0 Å². The third-order valence-corrected chi connectivity index (χ3v) is 9.21. The van der Waals surface area contributed by atoms with Crippen molar-refractivity contribution in [1.82, 2.24) is 9.97 Å². The molecule has 1 heterocycles. The molecule has 0 spiro atoms. The number of amides is 1. The molecule has 1 aromatic carbocycles. The second-order valence-corrected chi connectivity index (χ2v) is 12.5. The van der Waals surface area contributed by atoms with Gasteiger partial charge in [0.05, 0.1) is 29.3 Å². The maximum Gasteiger partial charge on any atom is 0.378 e. The van der Waals surface area contributed by atoms with Gasteiger partial charge < -0.3 is 14.7 Å². The summed E-state index contributed by atoms with van der Waals surface area (Å²) in [5.74, 6) is 0.562. The summed E-state index contributed by atoms with van der Waals surface area (Å²) in [5.41, 5.74) is -0.169. The van der Waals surface area contributed by atoms with Crippen LogP contribution in [0.4, 0.5) is 5.82 Å². The van der Waals surface area contributed by atoms with Gasteiger partial charge in [-0.2, -0.15) is 0 Å². The van der Waals surface area contributed by atoms with Gasteiger partial charge in [0.2, 0.25) is 5.91 Å². The molecule has 33 heavy (non-hydrogen) atoms. The van der Waals surface area contributed by atoms with Gasteiger partial charge in [0, 0.05) is 6.26 Å². The van der Waals surface area contributed by atoms with E-state index in [1.54, 1.807) is 31.2 Å². The lowest BCUT2D eigenvalue weighted by molar-refractivity contribution is -0.119. The van der Waals surface area contributed by atoms with E-state index in [9.17, 15) is 22.7 Å². The number of aromatic nitrogens is 2. The van der Waals surface area contributed by atoms with Crippen LogP contribution in [0.1, 0.15) is 44.6 Å². The monoisotopic (exact) mass is 493 g/mol. The minimum atomic E-state index is -4.05. The predicted molar refractivity (Wildman–Crippen MR) is 123 cm³/mol. The van der Waals surface area contributed by atoms with Gasteiger partial charge in [0.25, 0.3) is 0 Å². The second kappa shape index (κ2) is 8.91.